The SMILES string of the molecule is CN(C)S(=O)(=O)N1CCC(c2nc(-c3ccccc3)no2)CC1. The first kappa shape index (κ1) is 16.1. The van der Waals surface area contributed by atoms with E-state index in [0.717, 1.165) is 5.56 Å². The zero-order valence-corrected chi connectivity index (χ0v) is 14.0. The Morgan fingerprint density at radius 2 is 1.83 bits per heavy atom. The van der Waals surface area contributed by atoms with E-state index in [-0.39, 0.29) is 5.92 Å². The molecule has 1 aromatic carbocycles. The van der Waals surface area contributed by atoms with Crippen molar-refractivity contribution in [1.82, 2.24) is 18.8 Å². The average molecular weight is 336 g/mol. The summed E-state index contributed by atoms with van der Waals surface area (Å²) in [6.45, 7) is 0.933. The van der Waals surface area contributed by atoms with Crippen molar-refractivity contribution in [2.75, 3.05) is 27.2 Å². The number of piperidine rings is 1. The molecular weight excluding hydrogens is 316 g/mol. The van der Waals surface area contributed by atoms with E-state index in [1.54, 1.807) is 14.1 Å². The van der Waals surface area contributed by atoms with Gasteiger partial charge in [0.2, 0.25) is 11.7 Å². The van der Waals surface area contributed by atoms with Crippen LogP contribution in [0.15, 0.2) is 34.9 Å². The first-order chi connectivity index (χ1) is 11.0. The van der Waals surface area contributed by atoms with Gasteiger partial charge in [-0.2, -0.15) is 22.0 Å². The van der Waals surface area contributed by atoms with E-state index >= 15 is 0 Å². The van der Waals surface area contributed by atoms with Crippen LogP contribution in [-0.4, -0.2) is 54.4 Å². The normalized spacial score (nSPS) is 17.7. The quantitative estimate of drug-likeness (QED) is 0.849. The van der Waals surface area contributed by atoms with Gasteiger partial charge in [-0.15, -0.1) is 0 Å². The second kappa shape index (κ2) is 6.38. The Kier molecular flexibility index (Phi) is 4.47. The van der Waals surface area contributed by atoms with E-state index in [4.69, 9.17) is 4.52 Å². The van der Waals surface area contributed by atoms with Gasteiger partial charge in [-0.25, -0.2) is 0 Å². The molecule has 23 heavy (non-hydrogen) atoms. The highest BCUT2D eigenvalue weighted by Crippen LogP contribution is 2.29. The van der Waals surface area contributed by atoms with Crippen LogP contribution in [0.1, 0.15) is 24.7 Å². The van der Waals surface area contributed by atoms with E-state index in [1.165, 1.54) is 8.61 Å². The number of nitrogens with zero attached hydrogens (tertiary/aromatic N) is 4. The van der Waals surface area contributed by atoms with Crippen molar-refractivity contribution in [3.8, 4) is 11.4 Å². The van der Waals surface area contributed by atoms with Crippen molar-refractivity contribution in [3.05, 3.63) is 36.2 Å². The minimum absolute atomic E-state index is 0.105. The van der Waals surface area contributed by atoms with Crippen molar-refractivity contribution < 1.29 is 12.9 Å². The fourth-order valence-electron chi connectivity index (χ4n) is 2.67. The van der Waals surface area contributed by atoms with Gasteiger partial charge >= 0.3 is 0 Å². The highest BCUT2D eigenvalue weighted by molar-refractivity contribution is 7.86. The number of rotatable bonds is 4. The molecule has 7 nitrogen and oxygen atoms in total. The van der Waals surface area contributed by atoms with Crippen molar-refractivity contribution in [1.29, 1.82) is 0 Å². The van der Waals surface area contributed by atoms with Gasteiger partial charge < -0.3 is 4.52 Å². The monoisotopic (exact) mass is 336 g/mol. The van der Waals surface area contributed by atoms with Crippen molar-refractivity contribution >= 4 is 10.2 Å². The highest BCUT2D eigenvalue weighted by Gasteiger charge is 2.32. The van der Waals surface area contributed by atoms with Gasteiger partial charge in [0, 0.05) is 38.7 Å². The topological polar surface area (TPSA) is 79.5 Å². The third-order valence-corrected chi connectivity index (χ3v) is 6.01. The van der Waals surface area contributed by atoms with Crippen LogP contribution in [0.4, 0.5) is 0 Å². The Hall–Kier alpha value is -1.77. The van der Waals surface area contributed by atoms with Gasteiger partial charge in [0.05, 0.1) is 0 Å². The molecule has 0 radical (unpaired) electrons. The lowest BCUT2D eigenvalue weighted by molar-refractivity contribution is 0.262. The molecule has 0 spiro atoms. The van der Waals surface area contributed by atoms with E-state index < -0.39 is 10.2 Å². The molecule has 0 aliphatic carbocycles. The zero-order chi connectivity index (χ0) is 16.4. The molecular formula is C15H20N4O3S. The van der Waals surface area contributed by atoms with Crippen molar-refractivity contribution in [2.24, 2.45) is 0 Å². The molecule has 0 amide bonds. The Morgan fingerprint density at radius 3 is 2.43 bits per heavy atom. The smallest absolute Gasteiger partial charge is 0.281 e. The summed E-state index contributed by atoms with van der Waals surface area (Å²) in [5.74, 6) is 1.27. The first-order valence-electron chi connectivity index (χ1n) is 7.55. The molecule has 1 aliphatic heterocycles. The lowest BCUT2D eigenvalue weighted by atomic mass is 9.98. The highest BCUT2D eigenvalue weighted by atomic mass is 32.2. The molecule has 0 unspecified atom stereocenters. The molecule has 1 aliphatic rings. The number of hydrogen-bond donors (Lipinski definition) is 0. The van der Waals surface area contributed by atoms with Crippen LogP contribution in [-0.2, 0) is 10.2 Å². The number of aromatic nitrogens is 2. The Labute approximate surface area is 136 Å². The molecule has 3 rings (SSSR count). The number of benzene rings is 1. The maximum absolute atomic E-state index is 12.1. The van der Waals surface area contributed by atoms with E-state index in [0.29, 0.717) is 37.6 Å². The van der Waals surface area contributed by atoms with Gasteiger partial charge in [0.1, 0.15) is 0 Å². The van der Waals surface area contributed by atoms with E-state index in [1.807, 2.05) is 30.3 Å². The first-order valence-corrected chi connectivity index (χ1v) is 8.95. The standard InChI is InChI=1S/C15H20N4O3S/c1-18(2)23(20,21)19-10-8-13(9-11-19)15-16-14(17-22-15)12-6-4-3-5-7-12/h3-7,13H,8-11H2,1-2H3. The predicted octanol–water partition coefficient (Wildman–Crippen LogP) is 1.72. The lowest BCUT2D eigenvalue weighted by Crippen LogP contribution is -2.44. The van der Waals surface area contributed by atoms with Gasteiger partial charge in [0.25, 0.3) is 10.2 Å². The molecule has 8 heteroatoms. The minimum Gasteiger partial charge on any atom is -0.339 e. The van der Waals surface area contributed by atoms with Crippen molar-refractivity contribution in [3.63, 3.8) is 0 Å². The fourth-order valence-corrected chi connectivity index (χ4v) is 3.80. The molecule has 0 N–H and O–H groups in total. The Bertz CT molecular complexity index is 750. The second-order valence-electron chi connectivity index (χ2n) is 5.79. The summed E-state index contributed by atoms with van der Waals surface area (Å²) < 4.78 is 32.4. The van der Waals surface area contributed by atoms with Gasteiger partial charge in [-0.1, -0.05) is 35.5 Å². The fraction of sp³-hybridized carbons (Fsp3) is 0.467. The summed E-state index contributed by atoms with van der Waals surface area (Å²) in [7, 11) is -0.249. The summed E-state index contributed by atoms with van der Waals surface area (Å²) in [6.07, 6.45) is 1.37. The summed E-state index contributed by atoms with van der Waals surface area (Å²) in [4.78, 5) is 4.47. The molecule has 2 heterocycles. The van der Waals surface area contributed by atoms with Gasteiger partial charge in [-0.3, -0.25) is 0 Å². The van der Waals surface area contributed by atoms with Crippen LogP contribution in [0, 0.1) is 0 Å². The Morgan fingerprint density at radius 1 is 1.17 bits per heavy atom. The van der Waals surface area contributed by atoms with E-state index in [9.17, 15) is 8.42 Å². The van der Waals surface area contributed by atoms with Crippen LogP contribution >= 0.6 is 0 Å². The summed E-state index contributed by atoms with van der Waals surface area (Å²) in [5, 5.41) is 4.03. The van der Waals surface area contributed by atoms with Crippen LogP contribution in [0.5, 0.6) is 0 Å². The van der Waals surface area contributed by atoms with Crippen molar-refractivity contribution in [2.45, 2.75) is 18.8 Å². The molecule has 2 aromatic rings. The Balaban J connectivity index is 1.68. The van der Waals surface area contributed by atoms with Crippen LogP contribution in [0.2, 0.25) is 0 Å². The van der Waals surface area contributed by atoms with Gasteiger partial charge in [0.15, 0.2) is 0 Å². The lowest BCUT2D eigenvalue weighted by Gasteiger charge is -2.31. The average Bonchev–Trinajstić information content (AvgIpc) is 3.05. The largest absolute Gasteiger partial charge is 0.339 e. The van der Waals surface area contributed by atoms with Gasteiger partial charge in [-0.05, 0) is 12.8 Å². The molecule has 124 valence electrons. The molecule has 1 fully saturated rings. The molecule has 0 bridgehead atoms. The zero-order valence-electron chi connectivity index (χ0n) is 13.2. The van der Waals surface area contributed by atoms with Crippen LogP contribution < -0.4 is 0 Å². The summed E-state index contributed by atoms with van der Waals surface area (Å²) in [6, 6.07) is 9.65. The maximum atomic E-state index is 12.1. The van der Waals surface area contributed by atoms with E-state index in [2.05, 4.69) is 10.1 Å². The van der Waals surface area contributed by atoms with Crippen LogP contribution in [0.3, 0.4) is 0 Å². The maximum Gasteiger partial charge on any atom is 0.281 e. The predicted molar refractivity (Wildman–Crippen MR) is 85.9 cm³/mol. The summed E-state index contributed by atoms with van der Waals surface area (Å²) in [5.41, 5.74) is 0.912. The third-order valence-electron chi connectivity index (χ3n) is 4.06. The van der Waals surface area contributed by atoms with Crippen LogP contribution in [0.25, 0.3) is 11.4 Å². The molecule has 0 saturated carbocycles. The molecule has 0 atom stereocenters. The number of hydrogen-bond acceptors (Lipinski definition) is 5. The summed E-state index contributed by atoms with van der Waals surface area (Å²) >= 11 is 0. The minimum atomic E-state index is -3.34. The molecule has 1 saturated heterocycles. The second-order valence-corrected chi connectivity index (χ2v) is 7.93. The third kappa shape index (κ3) is 3.29. The molecule has 1 aromatic heterocycles.